The molecular weight excluding hydrogens is 420 g/mol. The highest BCUT2D eigenvalue weighted by molar-refractivity contribution is 6.38. The molecule has 2 amide bonds. The highest BCUT2D eigenvalue weighted by atomic mass is 16.6. The summed E-state index contributed by atoms with van der Waals surface area (Å²) in [6, 6.07) is 12.3. The largest absolute Gasteiger partial charge is 0.495 e. The summed E-state index contributed by atoms with van der Waals surface area (Å²) in [4.78, 5) is 47.6. The molecule has 0 fully saturated rings. The van der Waals surface area contributed by atoms with Gasteiger partial charge in [-0.15, -0.1) is 0 Å². The molecule has 0 aromatic heterocycles. The van der Waals surface area contributed by atoms with Crippen LogP contribution in [0.4, 0.5) is 17.1 Å². The smallest absolute Gasteiger partial charge is 0.355 e. The van der Waals surface area contributed by atoms with Gasteiger partial charge in [-0.05, 0) is 25.1 Å². The van der Waals surface area contributed by atoms with E-state index in [4.69, 9.17) is 9.47 Å². The van der Waals surface area contributed by atoms with Crippen molar-refractivity contribution in [1.29, 1.82) is 0 Å². The van der Waals surface area contributed by atoms with Gasteiger partial charge in [-0.25, -0.2) is 9.80 Å². The summed E-state index contributed by atoms with van der Waals surface area (Å²) in [7, 11) is 1.35. The summed E-state index contributed by atoms with van der Waals surface area (Å²) >= 11 is 0. The molecular formula is C21H20N4O7. The second-order valence-corrected chi connectivity index (χ2v) is 6.77. The van der Waals surface area contributed by atoms with E-state index < -0.39 is 22.9 Å². The lowest BCUT2D eigenvalue weighted by molar-refractivity contribution is -0.384. The van der Waals surface area contributed by atoms with E-state index in [0.717, 1.165) is 11.1 Å². The molecule has 1 atom stereocenters. The number of anilines is 2. The first-order chi connectivity index (χ1) is 15.3. The topological polar surface area (TPSA) is 140 Å². The normalized spacial score (nSPS) is 14.2. The minimum absolute atomic E-state index is 0.000956. The summed E-state index contributed by atoms with van der Waals surface area (Å²) in [6.07, 6.45) is -1.10. The second-order valence-electron chi connectivity index (χ2n) is 6.77. The predicted molar refractivity (Wildman–Crippen MR) is 114 cm³/mol. The molecule has 2 aromatic rings. The van der Waals surface area contributed by atoms with Gasteiger partial charge in [0.2, 0.25) is 5.91 Å². The van der Waals surface area contributed by atoms with Crippen LogP contribution in [-0.2, 0) is 19.1 Å². The number of nitro groups is 1. The maximum absolute atomic E-state index is 12.5. The molecule has 1 unspecified atom stereocenters. The van der Waals surface area contributed by atoms with Gasteiger partial charge < -0.3 is 14.8 Å². The van der Waals surface area contributed by atoms with E-state index in [1.165, 1.54) is 26.2 Å². The third-order valence-electron chi connectivity index (χ3n) is 4.57. The van der Waals surface area contributed by atoms with Crippen LogP contribution in [0.1, 0.15) is 19.8 Å². The molecule has 3 rings (SSSR count). The van der Waals surface area contributed by atoms with Crippen molar-refractivity contribution in [3.8, 4) is 5.75 Å². The number of methoxy groups -OCH3 is 1. The van der Waals surface area contributed by atoms with Crippen molar-refractivity contribution in [2.24, 2.45) is 5.10 Å². The number of ether oxygens (including phenoxy) is 2. The van der Waals surface area contributed by atoms with Crippen LogP contribution in [0.15, 0.2) is 53.6 Å². The van der Waals surface area contributed by atoms with Gasteiger partial charge in [0, 0.05) is 25.0 Å². The Morgan fingerprint density at radius 2 is 1.91 bits per heavy atom. The van der Waals surface area contributed by atoms with Gasteiger partial charge in [0.25, 0.3) is 11.6 Å². The minimum Gasteiger partial charge on any atom is -0.495 e. The van der Waals surface area contributed by atoms with E-state index in [2.05, 4.69) is 10.4 Å². The van der Waals surface area contributed by atoms with Gasteiger partial charge in [0.05, 0.1) is 23.4 Å². The van der Waals surface area contributed by atoms with E-state index in [0.29, 0.717) is 5.69 Å². The fourth-order valence-corrected chi connectivity index (χ4v) is 2.90. The molecule has 0 aliphatic carbocycles. The van der Waals surface area contributed by atoms with E-state index in [1.807, 2.05) is 0 Å². The fourth-order valence-electron chi connectivity index (χ4n) is 2.90. The van der Waals surface area contributed by atoms with Crippen LogP contribution < -0.4 is 15.1 Å². The van der Waals surface area contributed by atoms with Crippen LogP contribution >= 0.6 is 0 Å². The number of hydrogen-bond donors (Lipinski definition) is 1. The Bertz CT molecular complexity index is 1080. The van der Waals surface area contributed by atoms with Crippen LogP contribution in [0.25, 0.3) is 0 Å². The van der Waals surface area contributed by atoms with E-state index >= 15 is 0 Å². The standard InChI is InChI=1S/C21H20N4O7/c1-13(20(27)22-17-12-15(25(29)30)8-10-18(17)31-2)32-21(28)16-9-11-19(26)24(23-16)14-6-4-3-5-7-14/h3-8,10,12-13H,9,11H2,1-2H3,(H,22,27). The number of carbonyl (C=O) groups is 3. The lowest BCUT2D eigenvalue weighted by atomic mass is 10.1. The molecule has 0 bridgehead atoms. The quantitative estimate of drug-likeness (QED) is 0.396. The van der Waals surface area contributed by atoms with Crippen molar-refractivity contribution in [3.05, 3.63) is 58.6 Å². The monoisotopic (exact) mass is 440 g/mol. The third-order valence-corrected chi connectivity index (χ3v) is 4.57. The number of para-hydroxylation sites is 1. The Morgan fingerprint density at radius 1 is 1.19 bits per heavy atom. The molecule has 166 valence electrons. The first-order valence-corrected chi connectivity index (χ1v) is 9.60. The average molecular weight is 440 g/mol. The van der Waals surface area contributed by atoms with Crippen LogP contribution in [0.2, 0.25) is 0 Å². The number of hydrogen-bond acceptors (Lipinski definition) is 8. The molecule has 11 heteroatoms. The maximum atomic E-state index is 12.5. The van der Waals surface area contributed by atoms with Gasteiger partial charge in [0.1, 0.15) is 11.5 Å². The number of amides is 2. The fraction of sp³-hybridized carbons (Fsp3) is 0.238. The molecule has 0 saturated heterocycles. The van der Waals surface area contributed by atoms with Crippen molar-refractivity contribution < 1.29 is 28.8 Å². The highest BCUT2D eigenvalue weighted by Crippen LogP contribution is 2.29. The number of nitrogens with zero attached hydrogens (tertiary/aromatic N) is 3. The molecule has 2 aromatic carbocycles. The van der Waals surface area contributed by atoms with E-state index in [9.17, 15) is 24.5 Å². The number of nitrogens with one attached hydrogen (secondary N) is 1. The first kappa shape index (κ1) is 22.4. The number of nitro benzene ring substituents is 1. The van der Waals surface area contributed by atoms with Gasteiger partial charge in [-0.3, -0.25) is 19.7 Å². The van der Waals surface area contributed by atoms with E-state index in [-0.39, 0.29) is 41.6 Å². The number of hydrazone groups is 1. The van der Waals surface area contributed by atoms with Crippen molar-refractivity contribution in [3.63, 3.8) is 0 Å². The molecule has 32 heavy (non-hydrogen) atoms. The Labute approximate surface area is 182 Å². The predicted octanol–water partition coefficient (Wildman–Crippen LogP) is 2.66. The van der Waals surface area contributed by atoms with Crippen LogP contribution in [0.3, 0.4) is 0 Å². The molecule has 0 spiro atoms. The van der Waals surface area contributed by atoms with Gasteiger partial charge in [0.15, 0.2) is 6.10 Å². The van der Waals surface area contributed by atoms with Crippen LogP contribution in [0.5, 0.6) is 5.75 Å². The molecule has 0 saturated carbocycles. The number of rotatable bonds is 7. The second kappa shape index (κ2) is 9.69. The Balaban J connectivity index is 1.70. The van der Waals surface area contributed by atoms with Crippen LogP contribution in [0, 0.1) is 10.1 Å². The summed E-state index contributed by atoms with van der Waals surface area (Å²) in [5.41, 5.74) is 0.325. The molecule has 1 aliphatic rings. The molecule has 1 heterocycles. The number of non-ortho nitro benzene ring substituents is 1. The van der Waals surface area contributed by atoms with Crippen molar-refractivity contribution in [1.82, 2.24) is 0 Å². The van der Waals surface area contributed by atoms with E-state index in [1.54, 1.807) is 30.3 Å². The van der Waals surface area contributed by atoms with Crippen molar-refractivity contribution >= 4 is 40.6 Å². The van der Waals surface area contributed by atoms with Gasteiger partial charge >= 0.3 is 5.97 Å². The average Bonchev–Trinajstić information content (AvgIpc) is 2.79. The summed E-state index contributed by atoms with van der Waals surface area (Å²) in [5.74, 6) is -1.62. The van der Waals surface area contributed by atoms with Gasteiger partial charge in [-0.2, -0.15) is 5.10 Å². The number of esters is 1. The van der Waals surface area contributed by atoms with Crippen LogP contribution in [-0.4, -0.2) is 41.6 Å². The Morgan fingerprint density at radius 3 is 2.56 bits per heavy atom. The Kier molecular flexibility index (Phi) is 6.78. The van der Waals surface area contributed by atoms with Gasteiger partial charge in [-0.1, -0.05) is 18.2 Å². The highest BCUT2D eigenvalue weighted by Gasteiger charge is 2.29. The lowest BCUT2D eigenvalue weighted by Gasteiger charge is -2.23. The summed E-state index contributed by atoms with van der Waals surface area (Å²) < 4.78 is 10.3. The maximum Gasteiger partial charge on any atom is 0.355 e. The zero-order valence-corrected chi connectivity index (χ0v) is 17.3. The first-order valence-electron chi connectivity index (χ1n) is 9.60. The number of benzene rings is 2. The lowest BCUT2D eigenvalue weighted by Crippen LogP contribution is -2.37. The SMILES string of the molecule is COc1ccc([N+](=O)[O-])cc1NC(=O)C(C)OC(=O)C1=NN(c2ccccc2)C(=O)CC1. The zero-order chi connectivity index (χ0) is 23.3. The summed E-state index contributed by atoms with van der Waals surface area (Å²) in [6.45, 7) is 1.35. The zero-order valence-electron chi connectivity index (χ0n) is 17.3. The Hall–Kier alpha value is -4.28. The minimum atomic E-state index is -1.24. The molecule has 0 radical (unpaired) electrons. The van der Waals surface area contributed by atoms with Crippen molar-refractivity contribution in [2.75, 3.05) is 17.4 Å². The third kappa shape index (κ3) is 5.06. The molecule has 1 N–H and O–H groups in total. The number of carbonyl (C=O) groups excluding carboxylic acids is 3. The summed E-state index contributed by atoms with van der Waals surface area (Å²) in [5, 5.41) is 18.7. The molecule has 11 nitrogen and oxygen atoms in total. The van der Waals surface area contributed by atoms with Crippen molar-refractivity contribution in [2.45, 2.75) is 25.9 Å². The molecule has 1 aliphatic heterocycles.